The van der Waals surface area contributed by atoms with Crippen LogP contribution in [0.3, 0.4) is 0 Å². The van der Waals surface area contributed by atoms with Crippen LogP contribution in [0.5, 0.6) is 5.75 Å². The van der Waals surface area contributed by atoms with E-state index in [0.29, 0.717) is 11.3 Å². The second kappa shape index (κ2) is 5.01. The lowest BCUT2D eigenvalue weighted by molar-refractivity contribution is -0.122. The molecular formula is C10H10NO3. The molecule has 1 N–H and O–H groups in total. The van der Waals surface area contributed by atoms with Gasteiger partial charge in [0.1, 0.15) is 5.75 Å². The molecule has 0 bridgehead atoms. The molecule has 0 aliphatic rings. The Bertz CT molecular complexity index is 319. The summed E-state index contributed by atoms with van der Waals surface area (Å²) in [7, 11) is 1.54. The number of ether oxygens (including phenoxy) is 1. The highest BCUT2D eigenvalue weighted by atomic mass is 16.5. The monoisotopic (exact) mass is 192 g/mol. The smallest absolute Gasteiger partial charge is 0.257 e. The van der Waals surface area contributed by atoms with E-state index < -0.39 is 0 Å². The fraction of sp³-hybridized carbons (Fsp3) is 0.200. The molecule has 0 spiro atoms. The van der Waals surface area contributed by atoms with E-state index in [1.165, 1.54) is 7.05 Å². The Kier molecular flexibility index (Phi) is 3.67. The van der Waals surface area contributed by atoms with E-state index >= 15 is 0 Å². The first kappa shape index (κ1) is 10.2. The number of nitrogens with one attached hydrogen (secondary N) is 1. The van der Waals surface area contributed by atoms with Gasteiger partial charge >= 0.3 is 0 Å². The number of hydrogen-bond donors (Lipinski definition) is 1. The summed E-state index contributed by atoms with van der Waals surface area (Å²) in [5, 5.41) is 2.43. The lowest BCUT2D eigenvalue weighted by Crippen LogP contribution is -2.24. The van der Waals surface area contributed by atoms with Gasteiger partial charge in [-0.1, -0.05) is 0 Å². The molecule has 0 aliphatic carbocycles. The van der Waals surface area contributed by atoms with E-state index in [2.05, 4.69) is 5.32 Å². The lowest BCUT2D eigenvalue weighted by atomic mass is 10.2. The number of carbonyl (C=O) groups excluding carboxylic acids is 2. The molecule has 14 heavy (non-hydrogen) atoms. The Morgan fingerprint density at radius 1 is 1.43 bits per heavy atom. The first-order valence-electron chi connectivity index (χ1n) is 4.08. The Morgan fingerprint density at radius 2 is 2.07 bits per heavy atom. The largest absolute Gasteiger partial charge is 0.484 e. The molecule has 73 valence electrons. The van der Waals surface area contributed by atoms with Crippen molar-refractivity contribution in [2.75, 3.05) is 13.7 Å². The van der Waals surface area contributed by atoms with E-state index in [1.54, 1.807) is 30.6 Å². The Balaban J connectivity index is 2.51. The van der Waals surface area contributed by atoms with Crippen molar-refractivity contribution in [3.05, 3.63) is 29.8 Å². The third-order valence-electron chi connectivity index (χ3n) is 1.62. The van der Waals surface area contributed by atoms with Gasteiger partial charge in [-0.3, -0.25) is 9.59 Å². The molecule has 4 nitrogen and oxygen atoms in total. The van der Waals surface area contributed by atoms with E-state index in [4.69, 9.17) is 4.74 Å². The van der Waals surface area contributed by atoms with E-state index in [0.717, 1.165) is 0 Å². The summed E-state index contributed by atoms with van der Waals surface area (Å²) in [6.45, 7) is -0.0271. The maximum absolute atomic E-state index is 10.8. The Labute approximate surface area is 81.9 Å². The summed E-state index contributed by atoms with van der Waals surface area (Å²) in [6, 6.07) is 6.38. The molecule has 0 fully saturated rings. The molecule has 0 aliphatic heterocycles. The van der Waals surface area contributed by atoms with Crippen molar-refractivity contribution >= 4 is 12.2 Å². The van der Waals surface area contributed by atoms with Crippen molar-refractivity contribution in [2.24, 2.45) is 0 Å². The summed E-state index contributed by atoms with van der Waals surface area (Å²) in [6.07, 6.45) is 1.75. The van der Waals surface area contributed by atoms with E-state index in [1.807, 2.05) is 0 Å². The number of likely N-dealkylation sites (N-methyl/N-ethyl adjacent to an activating group) is 1. The molecule has 0 atom stereocenters. The van der Waals surface area contributed by atoms with Crippen molar-refractivity contribution in [3.63, 3.8) is 0 Å². The van der Waals surface area contributed by atoms with Gasteiger partial charge in [0.05, 0.1) is 0 Å². The van der Waals surface area contributed by atoms with Crippen LogP contribution < -0.4 is 10.1 Å². The maximum atomic E-state index is 10.8. The first-order valence-corrected chi connectivity index (χ1v) is 4.08. The van der Waals surface area contributed by atoms with Crippen LogP contribution in [0, 0.1) is 0 Å². The maximum Gasteiger partial charge on any atom is 0.257 e. The quantitative estimate of drug-likeness (QED) is 0.745. The predicted molar refractivity (Wildman–Crippen MR) is 50.8 cm³/mol. The van der Waals surface area contributed by atoms with Crippen molar-refractivity contribution in [1.29, 1.82) is 0 Å². The van der Waals surface area contributed by atoms with Gasteiger partial charge in [-0.2, -0.15) is 0 Å². The SMILES string of the molecule is CNC(=O)COc1ccc([C]=O)cc1. The summed E-state index contributed by atoms with van der Waals surface area (Å²) in [4.78, 5) is 21.0. The molecule has 0 saturated carbocycles. The number of amides is 1. The van der Waals surface area contributed by atoms with Gasteiger partial charge in [0.25, 0.3) is 5.91 Å². The Hall–Kier alpha value is -1.84. The van der Waals surface area contributed by atoms with Gasteiger partial charge in [-0.25, -0.2) is 0 Å². The highest BCUT2D eigenvalue weighted by Crippen LogP contribution is 2.10. The molecule has 4 heteroatoms. The molecule has 0 heterocycles. The van der Waals surface area contributed by atoms with Crippen molar-refractivity contribution < 1.29 is 14.3 Å². The minimum atomic E-state index is -0.198. The molecule has 1 aromatic rings. The first-order chi connectivity index (χ1) is 6.76. The normalized spacial score (nSPS) is 9.21. The Morgan fingerprint density at radius 3 is 2.57 bits per heavy atom. The van der Waals surface area contributed by atoms with Gasteiger partial charge in [0.2, 0.25) is 6.29 Å². The van der Waals surface area contributed by atoms with Crippen molar-refractivity contribution in [3.8, 4) is 5.75 Å². The van der Waals surface area contributed by atoms with Crippen LogP contribution in [0.25, 0.3) is 0 Å². The van der Waals surface area contributed by atoms with Gasteiger partial charge in [0.15, 0.2) is 6.61 Å². The fourth-order valence-electron chi connectivity index (χ4n) is 0.840. The zero-order valence-electron chi connectivity index (χ0n) is 7.74. The second-order valence-electron chi connectivity index (χ2n) is 2.59. The van der Waals surface area contributed by atoms with Gasteiger partial charge in [0, 0.05) is 12.6 Å². The van der Waals surface area contributed by atoms with Crippen LogP contribution in [0.15, 0.2) is 24.3 Å². The van der Waals surface area contributed by atoms with Crippen LogP contribution in [-0.2, 0) is 9.59 Å². The number of carbonyl (C=O) groups is 1. The number of hydrogen-bond acceptors (Lipinski definition) is 3. The third-order valence-corrected chi connectivity index (χ3v) is 1.62. The van der Waals surface area contributed by atoms with Crippen molar-refractivity contribution in [2.45, 2.75) is 0 Å². The van der Waals surface area contributed by atoms with Gasteiger partial charge < -0.3 is 10.1 Å². The summed E-state index contributed by atoms with van der Waals surface area (Å²) in [5.74, 6) is 0.351. The average Bonchev–Trinajstić information content (AvgIpc) is 2.26. The van der Waals surface area contributed by atoms with Gasteiger partial charge in [-0.15, -0.1) is 0 Å². The molecule has 0 aromatic heterocycles. The van der Waals surface area contributed by atoms with Crippen LogP contribution in [0.4, 0.5) is 0 Å². The van der Waals surface area contributed by atoms with Gasteiger partial charge in [-0.05, 0) is 24.3 Å². The molecule has 1 amide bonds. The summed E-state index contributed by atoms with van der Waals surface area (Å²) in [5.41, 5.74) is 0.456. The van der Waals surface area contributed by atoms with E-state index in [-0.39, 0.29) is 12.5 Å². The molecular weight excluding hydrogens is 182 g/mol. The fourth-order valence-corrected chi connectivity index (χ4v) is 0.840. The number of benzene rings is 1. The van der Waals surface area contributed by atoms with Crippen LogP contribution >= 0.6 is 0 Å². The summed E-state index contributed by atoms with van der Waals surface area (Å²) < 4.78 is 5.12. The lowest BCUT2D eigenvalue weighted by Gasteiger charge is -2.04. The molecule has 0 unspecified atom stereocenters. The zero-order valence-corrected chi connectivity index (χ0v) is 7.74. The molecule has 0 saturated heterocycles. The van der Waals surface area contributed by atoms with Crippen LogP contribution in [-0.4, -0.2) is 25.8 Å². The molecule has 1 rings (SSSR count). The average molecular weight is 192 g/mol. The number of rotatable bonds is 4. The highest BCUT2D eigenvalue weighted by Gasteiger charge is 1.99. The van der Waals surface area contributed by atoms with E-state index in [9.17, 15) is 9.59 Å². The minimum absolute atomic E-state index is 0.0271. The van der Waals surface area contributed by atoms with Crippen LogP contribution in [0.2, 0.25) is 0 Å². The molecule has 1 aromatic carbocycles. The third kappa shape index (κ3) is 2.90. The molecule has 1 radical (unpaired) electrons. The predicted octanol–water partition coefficient (Wildman–Crippen LogP) is 0.269. The summed E-state index contributed by atoms with van der Waals surface area (Å²) >= 11 is 0. The van der Waals surface area contributed by atoms with Crippen LogP contribution in [0.1, 0.15) is 5.56 Å². The van der Waals surface area contributed by atoms with Crippen molar-refractivity contribution in [1.82, 2.24) is 5.32 Å². The minimum Gasteiger partial charge on any atom is -0.484 e. The topological polar surface area (TPSA) is 55.4 Å². The highest BCUT2D eigenvalue weighted by molar-refractivity contribution is 5.77. The standard InChI is InChI=1S/C10H10NO3/c1-11-10(13)7-14-9-4-2-8(6-12)3-5-9/h2-5H,7H2,1H3,(H,11,13). The zero-order chi connectivity index (χ0) is 10.4. The second-order valence-corrected chi connectivity index (χ2v) is 2.59.